The van der Waals surface area contributed by atoms with Crippen molar-refractivity contribution in [3.8, 4) is 0 Å². The van der Waals surface area contributed by atoms with Crippen LogP contribution in [0.25, 0.3) is 0 Å². The molecule has 0 radical (unpaired) electrons. The minimum atomic E-state index is -3.73. The van der Waals surface area contributed by atoms with Crippen molar-refractivity contribution in [2.24, 2.45) is 0 Å². The summed E-state index contributed by atoms with van der Waals surface area (Å²) < 4.78 is 29.4. The Kier molecular flexibility index (Phi) is 24.1. The normalized spacial score (nSPS) is 10.6. The van der Waals surface area contributed by atoms with E-state index in [0.29, 0.717) is 6.42 Å². The maximum Gasteiger partial charge on any atom is 2.00 e. The van der Waals surface area contributed by atoms with E-state index in [-0.39, 0.29) is 77.3 Å². The summed E-state index contributed by atoms with van der Waals surface area (Å²) in [5, 5.41) is 0. The quantitative estimate of drug-likeness (QED) is 0.348. The molecular weight excluding hydrogens is 287 g/mol. The number of hydrogen-bond donors (Lipinski definition) is 1. The molecule has 0 aromatic heterocycles. The first kappa shape index (κ1) is 25.1. The van der Waals surface area contributed by atoms with Crippen molar-refractivity contribution in [1.82, 2.24) is 0 Å². The molecule has 0 unspecified atom stereocenters. The minimum Gasteiger partial charge on any atom is -1.00 e. The Morgan fingerprint density at radius 3 is 1.50 bits per heavy atom. The number of hydrogen-bond acceptors (Lipinski definition) is 2. The Morgan fingerprint density at radius 1 is 0.833 bits per heavy atom. The van der Waals surface area contributed by atoms with Crippen molar-refractivity contribution in [3.63, 3.8) is 0 Å². The fraction of sp³-hybridized carbons (Fsp3) is 1.00. The summed E-state index contributed by atoms with van der Waals surface area (Å²) in [5.41, 5.74) is 0. The van der Waals surface area contributed by atoms with E-state index in [1.165, 1.54) is 44.9 Å². The van der Waals surface area contributed by atoms with Crippen LogP contribution in [0.2, 0.25) is 0 Å². The van der Waals surface area contributed by atoms with Crippen LogP contribution in [0.4, 0.5) is 0 Å². The Morgan fingerprint density at radius 2 is 1.17 bits per heavy atom. The Bertz CT molecular complexity index is 258. The standard InChI is InChI=1S/C12H26O3S.Ca.Na.3H/c1-2-3-4-5-6-7-8-9-10-11-12-16(13,14)15;;;;;/h2-12H2,1H3,(H,13,14,15);;;;;/q;+2;+1;3*-1. The SMILES string of the molecule is CCCCCCCCCCCCS(=O)(=O)O.[Ca+2].[H-].[H-].[H-].[Na+]. The summed E-state index contributed by atoms with van der Waals surface area (Å²) in [6.07, 6.45) is 11.7. The second kappa shape index (κ2) is 17.2. The molecule has 0 aromatic carbocycles. The molecule has 0 atom stereocenters. The molecule has 0 heterocycles. The summed E-state index contributed by atoms with van der Waals surface area (Å²) in [7, 11) is -3.73. The Labute approximate surface area is 169 Å². The molecule has 0 fully saturated rings. The van der Waals surface area contributed by atoms with Crippen molar-refractivity contribution in [2.75, 3.05) is 5.75 Å². The molecule has 0 bridgehead atoms. The molecule has 0 rings (SSSR count). The van der Waals surface area contributed by atoms with Crippen LogP contribution >= 0.6 is 0 Å². The van der Waals surface area contributed by atoms with Gasteiger partial charge < -0.3 is 4.28 Å². The van der Waals surface area contributed by atoms with Crippen molar-refractivity contribution in [1.29, 1.82) is 0 Å². The van der Waals surface area contributed by atoms with Gasteiger partial charge in [-0.3, -0.25) is 4.55 Å². The fourth-order valence-corrected chi connectivity index (χ4v) is 2.34. The fourth-order valence-electron chi connectivity index (χ4n) is 1.77. The van der Waals surface area contributed by atoms with Gasteiger partial charge in [-0.1, -0.05) is 64.7 Å². The molecule has 0 saturated heterocycles. The Hall–Kier alpha value is 2.17. The van der Waals surface area contributed by atoms with E-state index >= 15 is 0 Å². The van der Waals surface area contributed by atoms with E-state index in [0.717, 1.165) is 12.8 Å². The van der Waals surface area contributed by atoms with Gasteiger partial charge in [0, 0.05) is 0 Å². The average Bonchev–Trinajstić information content (AvgIpc) is 2.19. The molecule has 1 N–H and O–H groups in total. The van der Waals surface area contributed by atoms with Crippen LogP contribution in [0.3, 0.4) is 0 Å². The van der Waals surface area contributed by atoms with E-state index in [2.05, 4.69) is 6.92 Å². The van der Waals surface area contributed by atoms with Gasteiger partial charge in [-0.05, 0) is 6.42 Å². The third kappa shape index (κ3) is 23.3. The molecule has 0 aromatic rings. The monoisotopic (exact) mass is 316 g/mol. The van der Waals surface area contributed by atoms with Crippen LogP contribution in [-0.4, -0.2) is 56.5 Å². The molecule has 0 amide bonds. The van der Waals surface area contributed by atoms with Gasteiger partial charge in [0.05, 0.1) is 5.75 Å². The predicted molar refractivity (Wildman–Crippen MR) is 77.3 cm³/mol. The van der Waals surface area contributed by atoms with Gasteiger partial charge in [-0.25, -0.2) is 0 Å². The van der Waals surface area contributed by atoms with E-state index in [1.807, 2.05) is 0 Å². The first-order chi connectivity index (χ1) is 7.56. The summed E-state index contributed by atoms with van der Waals surface area (Å²) in [6, 6.07) is 0. The molecule has 0 saturated carbocycles. The van der Waals surface area contributed by atoms with E-state index < -0.39 is 10.1 Å². The van der Waals surface area contributed by atoms with Gasteiger partial charge >= 0.3 is 67.3 Å². The van der Waals surface area contributed by atoms with Crippen molar-refractivity contribution >= 4 is 47.9 Å². The minimum absolute atomic E-state index is 0. The molecule has 3 nitrogen and oxygen atoms in total. The van der Waals surface area contributed by atoms with Gasteiger partial charge in [-0.15, -0.1) is 0 Å². The zero-order valence-electron chi connectivity index (χ0n) is 15.2. The van der Waals surface area contributed by atoms with Crippen LogP contribution in [0.1, 0.15) is 75.4 Å². The van der Waals surface area contributed by atoms with Gasteiger partial charge in [0.1, 0.15) is 0 Å². The topological polar surface area (TPSA) is 54.4 Å². The van der Waals surface area contributed by atoms with Crippen LogP contribution in [0, 0.1) is 0 Å². The summed E-state index contributed by atoms with van der Waals surface area (Å²) in [5.74, 6) is -0.0799. The number of rotatable bonds is 11. The summed E-state index contributed by atoms with van der Waals surface area (Å²) in [4.78, 5) is 0. The molecular formula is C12H29CaNaO3S. The van der Waals surface area contributed by atoms with Gasteiger partial charge in [0.15, 0.2) is 0 Å². The van der Waals surface area contributed by atoms with Crippen LogP contribution in [0.5, 0.6) is 0 Å². The first-order valence-electron chi connectivity index (χ1n) is 6.51. The van der Waals surface area contributed by atoms with Crippen LogP contribution in [-0.2, 0) is 10.1 Å². The third-order valence-electron chi connectivity index (χ3n) is 2.76. The molecule has 0 aliphatic heterocycles. The second-order valence-corrected chi connectivity index (χ2v) is 6.04. The zero-order chi connectivity index (χ0) is 12.3. The second-order valence-electron chi connectivity index (χ2n) is 4.47. The van der Waals surface area contributed by atoms with Crippen molar-refractivity contribution in [2.45, 2.75) is 71.1 Å². The molecule has 0 spiro atoms. The smallest absolute Gasteiger partial charge is 1.00 e. The van der Waals surface area contributed by atoms with E-state index in [9.17, 15) is 8.42 Å². The average molecular weight is 316 g/mol. The van der Waals surface area contributed by atoms with Crippen LogP contribution in [0.15, 0.2) is 0 Å². The molecule has 6 heteroatoms. The van der Waals surface area contributed by atoms with Crippen molar-refractivity contribution in [3.05, 3.63) is 0 Å². The Balaban J connectivity index is -0.000000112. The van der Waals surface area contributed by atoms with Crippen LogP contribution < -0.4 is 29.6 Å². The van der Waals surface area contributed by atoms with Gasteiger partial charge in [-0.2, -0.15) is 8.42 Å². The molecule has 104 valence electrons. The van der Waals surface area contributed by atoms with E-state index in [4.69, 9.17) is 4.55 Å². The maximum absolute atomic E-state index is 10.4. The predicted octanol–water partition coefficient (Wildman–Crippen LogP) is 0.756. The van der Waals surface area contributed by atoms with Crippen molar-refractivity contribution < 1.29 is 46.8 Å². The summed E-state index contributed by atoms with van der Waals surface area (Å²) >= 11 is 0. The largest absolute Gasteiger partial charge is 2.00 e. The summed E-state index contributed by atoms with van der Waals surface area (Å²) in [6.45, 7) is 2.22. The first-order valence-corrected chi connectivity index (χ1v) is 8.12. The number of unbranched alkanes of at least 4 members (excludes halogenated alkanes) is 9. The third-order valence-corrected chi connectivity index (χ3v) is 3.56. The molecule has 0 aliphatic carbocycles. The van der Waals surface area contributed by atoms with Gasteiger partial charge in [0.25, 0.3) is 10.1 Å². The zero-order valence-corrected chi connectivity index (χ0v) is 17.2. The molecule has 0 aliphatic rings. The molecule has 18 heavy (non-hydrogen) atoms. The van der Waals surface area contributed by atoms with Gasteiger partial charge in [0.2, 0.25) is 0 Å². The maximum atomic E-state index is 10.4. The van der Waals surface area contributed by atoms with E-state index in [1.54, 1.807) is 0 Å².